The molecular formula is C6H10O3. The molecule has 1 fully saturated rings. The smallest absolute Gasteiger partial charge is 0.337 e. The third-order valence-electron chi connectivity index (χ3n) is 1.23. The van der Waals surface area contributed by atoms with Gasteiger partial charge in [0.1, 0.15) is 0 Å². The summed E-state index contributed by atoms with van der Waals surface area (Å²) in [4.78, 5) is 10.7. The quantitative estimate of drug-likeness (QED) is 0.399. The van der Waals surface area contributed by atoms with Crippen LogP contribution in [0, 0.1) is 0 Å². The Morgan fingerprint density at radius 2 is 2.33 bits per heavy atom. The summed E-state index contributed by atoms with van der Waals surface area (Å²) in [5, 5.41) is 0. The van der Waals surface area contributed by atoms with E-state index in [1.807, 2.05) is 6.92 Å². The highest BCUT2D eigenvalue weighted by Gasteiger charge is 2.42. The van der Waals surface area contributed by atoms with Crippen molar-refractivity contribution in [3.05, 3.63) is 0 Å². The van der Waals surface area contributed by atoms with Crippen molar-refractivity contribution in [2.75, 3.05) is 6.61 Å². The molecule has 0 saturated carbocycles. The van der Waals surface area contributed by atoms with Gasteiger partial charge in [0.25, 0.3) is 0 Å². The lowest BCUT2D eigenvalue weighted by Gasteiger charge is -1.94. The van der Waals surface area contributed by atoms with Crippen molar-refractivity contribution >= 4 is 5.97 Å². The van der Waals surface area contributed by atoms with E-state index < -0.39 is 0 Å². The third kappa shape index (κ3) is 1.42. The highest BCUT2D eigenvalue weighted by atomic mass is 16.6. The predicted octanol–water partition coefficient (Wildman–Crippen LogP) is 0.337. The zero-order valence-corrected chi connectivity index (χ0v) is 5.59. The minimum atomic E-state index is -0.273. The van der Waals surface area contributed by atoms with Gasteiger partial charge in [-0.15, -0.1) is 0 Å². The first-order chi connectivity index (χ1) is 4.25. The van der Waals surface area contributed by atoms with E-state index in [0.717, 1.165) is 0 Å². The van der Waals surface area contributed by atoms with Crippen LogP contribution in [0.4, 0.5) is 0 Å². The van der Waals surface area contributed by atoms with Gasteiger partial charge in [-0.3, -0.25) is 0 Å². The molecule has 1 aliphatic rings. The second-order valence-corrected chi connectivity index (χ2v) is 2.01. The van der Waals surface area contributed by atoms with Crippen LogP contribution < -0.4 is 0 Å². The van der Waals surface area contributed by atoms with E-state index in [4.69, 9.17) is 4.74 Å². The van der Waals surface area contributed by atoms with Gasteiger partial charge in [-0.05, 0) is 13.8 Å². The molecule has 1 heterocycles. The Bertz CT molecular complexity index is 121. The Hall–Kier alpha value is -0.570. The Labute approximate surface area is 53.9 Å². The first kappa shape index (κ1) is 6.55. The van der Waals surface area contributed by atoms with Gasteiger partial charge in [-0.2, -0.15) is 0 Å². The van der Waals surface area contributed by atoms with E-state index in [-0.39, 0.29) is 18.2 Å². The van der Waals surface area contributed by atoms with Crippen molar-refractivity contribution in [1.82, 2.24) is 0 Å². The molecule has 3 nitrogen and oxygen atoms in total. The first-order valence-corrected chi connectivity index (χ1v) is 3.07. The fraction of sp³-hybridized carbons (Fsp3) is 0.833. The van der Waals surface area contributed by atoms with Crippen molar-refractivity contribution < 1.29 is 14.3 Å². The number of carbonyl (C=O) groups excluding carboxylic acids is 1. The number of ether oxygens (including phenoxy) is 2. The molecule has 0 aromatic rings. The molecule has 0 aromatic carbocycles. The maximum Gasteiger partial charge on any atom is 0.337 e. The van der Waals surface area contributed by atoms with Crippen LogP contribution >= 0.6 is 0 Å². The maximum atomic E-state index is 10.7. The average molecular weight is 130 g/mol. The molecule has 0 radical (unpaired) electrons. The van der Waals surface area contributed by atoms with E-state index >= 15 is 0 Å². The average Bonchev–Trinajstić information content (AvgIpc) is 2.47. The molecule has 1 saturated heterocycles. The molecule has 3 heteroatoms. The van der Waals surface area contributed by atoms with Crippen LogP contribution in [0.25, 0.3) is 0 Å². The monoisotopic (exact) mass is 130 g/mol. The molecule has 9 heavy (non-hydrogen) atoms. The number of carbonyl (C=O) groups is 1. The van der Waals surface area contributed by atoms with Crippen LogP contribution in [0.5, 0.6) is 0 Å². The van der Waals surface area contributed by atoms with Crippen molar-refractivity contribution in [3.63, 3.8) is 0 Å². The summed E-state index contributed by atoms with van der Waals surface area (Å²) in [5.41, 5.74) is 0. The van der Waals surface area contributed by atoms with E-state index in [2.05, 4.69) is 4.74 Å². The topological polar surface area (TPSA) is 38.8 Å². The molecular weight excluding hydrogens is 120 g/mol. The van der Waals surface area contributed by atoms with E-state index in [1.165, 1.54) is 0 Å². The van der Waals surface area contributed by atoms with Crippen LogP contribution in [0.3, 0.4) is 0 Å². The first-order valence-electron chi connectivity index (χ1n) is 3.07. The molecule has 0 bridgehead atoms. The molecule has 1 rings (SSSR count). The van der Waals surface area contributed by atoms with Crippen LogP contribution in [-0.4, -0.2) is 24.8 Å². The molecule has 0 unspecified atom stereocenters. The molecule has 0 aliphatic carbocycles. The predicted molar refractivity (Wildman–Crippen MR) is 31.0 cm³/mol. The highest BCUT2D eigenvalue weighted by Crippen LogP contribution is 2.21. The van der Waals surface area contributed by atoms with Gasteiger partial charge in [-0.25, -0.2) is 4.79 Å². The number of hydrogen-bond acceptors (Lipinski definition) is 3. The van der Waals surface area contributed by atoms with Gasteiger partial charge in [-0.1, -0.05) is 0 Å². The van der Waals surface area contributed by atoms with Crippen LogP contribution in [0.2, 0.25) is 0 Å². The van der Waals surface area contributed by atoms with Crippen LogP contribution in [0.1, 0.15) is 13.8 Å². The van der Waals surface area contributed by atoms with E-state index in [0.29, 0.717) is 6.61 Å². The molecule has 0 N–H and O–H groups in total. The number of hydrogen-bond donors (Lipinski definition) is 0. The minimum absolute atomic E-state index is 0.0732. The molecule has 52 valence electrons. The summed E-state index contributed by atoms with van der Waals surface area (Å²) in [7, 11) is 0. The van der Waals surface area contributed by atoms with Gasteiger partial charge in [0.2, 0.25) is 0 Å². The van der Waals surface area contributed by atoms with Crippen molar-refractivity contribution in [2.45, 2.75) is 26.1 Å². The summed E-state index contributed by atoms with van der Waals surface area (Å²) in [6.45, 7) is 4.07. The Kier molecular flexibility index (Phi) is 1.71. The lowest BCUT2D eigenvalue weighted by Crippen LogP contribution is -2.12. The largest absolute Gasteiger partial charge is 0.464 e. The SMILES string of the molecule is CCOC(=O)[C@H]1O[C@@H]1C. The zero-order valence-electron chi connectivity index (χ0n) is 5.59. The second-order valence-electron chi connectivity index (χ2n) is 2.01. The van der Waals surface area contributed by atoms with Gasteiger partial charge in [0, 0.05) is 0 Å². The molecule has 0 spiro atoms. The van der Waals surface area contributed by atoms with E-state index in [1.54, 1.807) is 6.92 Å². The van der Waals surface area contributed by atoms with Gasteiger partial charge >= 0.3 is 5.97 Å². The fourth-order valence-electron chi connectivity index (χ4n) is 0.657. The highest BCUT2D eigenvalue weighted by molar-refractivity contribution is 5.77. The van der Waals surface area contributed by atoms with Gasteiger partial charge in [0.15, 0.2) is 6.10 Å². The molecule has 2 atom stereocenters. The summed E-state index contributed by atoms with van der Waals surface area (Å²) in [6.07, 6.45) is -0.200. The fourth-order valence-corrected chi connectivity index (χ4v) is 0.657. The maximum absolute atomic E-state index is 10.7. The normalized spacial score (nSPS) is 31.8. The van der Waals surface area contributed by atoms with Crippen molar-refractivity contribution in [1.29, 1.82) is 0 Å². The molecule has 0 aromatic heterocycles. The molecule has 0 amide bonds. The Balaban J connectivity index is 2.20. The zero-order chi connectivity index (χ0) is 6.85. The lowest BCUT2D eigenvalue weighted by molar-refractivity contribution is -0.144. The van der Waals surface area contributed by atoms with Crippen molar-refractivity contribution in [3.8, 4) is 0 Å². The summed E-state index contributed by atoms with van der Waals surface area (Å²) in [6, 6.07) is 0. The standard InChI is InChI=1S/C6H10O3/c1-3-8-6(7)5-4(2)9-5/h4-5H,3H2,1-2H3/t4-,5+/m1/s1. The number of esters is 1. The molecule has 1 aliphatic heterocycles. The van der Waals surface area contributed by atoms with E-state index in [9.17, 15) is 4.79 Å². The third-order valence-corrected chi connectivity index (χ3v) is 1.23. The van der Waals surface area contributed by atoms with Crippen molar-refractivity contribution in [2.24, 2.45) is 0 Å². The second kappa shape index (κ2) is 2.35. The van der Waals surface area contributed by atoms with Crippen LogP contribution in [0.15, 0.2) is 0 Å². The number of epoxide rings is 1. The Morgan fingerprint density at radius 3 is 2.67 bits per heavy atom. The van der Waals surface area contributed by atoms with Crippen LogP contribution in [-0.2, 0) is 14.3 Å². The van der Waals surface area contributed by atoms with Gasteiger partial charge in [0.05, 0.1) is 12.7 Å². The summed E-state index contributed by atoms with van der Waals surface area (Å²) >= 11 is 0. The minimum Gasteiger partial charge on any atom is -0.464 e. The number of rotatable bonds is 2. The summed E-state index contributed by atoms with van der Waals surface area (Å²) < 4.78 is 9.53. The lowest BCUT2D eigenvalue weighted by atomic mass is 10.3. The van der Waals surface area contributed by atoms with Gasteiger partial charge < -0.3 is 9.47 Å². The Morgan fingerprint density at radius 1 is 1.78 bits per heavy atom. The summed E-state index contributed by atoms with van der Waals surface area (Å²) in [5.74, 6) is -0.231.